The molecule has 1 aromatic carbocycles. The Hall–Kier alpha value is -0.910. The Morgan fingerprint density at radius 2 is 2.26 bits per heavy atom. The van der Waals surface area contributed by atoms with Crippen molar-refractivity contribution in [2.75, 3.05) is 7.05 Å². The second-order valence-corrected chi connectivity index (χ2v) is 6.32. The van der Waals surface area contributed by atoms with Crippen molar-refractivity contribution in [3.05, 3.63) is 45.7 Å². The van der Waals surface area contributed by atoms with Gasteiger partial charge in [0.05, 0.1) is 11.4 Å². The highest BCUT2D eigenvalue weighted by Crippen LogP contribution is 2.27. The summed E-state index contributed by atoms with van der Waals surface area (Å²) in [5.41, 5.74) is 1.18. The molecule has 2 rings (SSSR count). The third-order valence-corrected chi connectivity index (χ3v) is 4.94. The summed E-state index contributed by atoms with van der Waals surface area (Å²) in [5, 5.41) is 4.28. The summed E-state index contributed by atoms with van der Waals surface area (Å²) in [7, 11) is 1.94. The number of benzene rings is 1. The molecule has 0 spiro atoms. The monoisotopic (exact) mass is 296 g/mol. The van der Waals surface area contributed by atoms with E-state index in [9.17, 15) is 4.39 Å². The molecule has 102 valence electrons. The van der Waals surface area contributed by atoms with Gasteiger partial charge in [0.25, 0.3) is 0 Å². The minimum Gasteiger partial charge on any atom is -0.315 e. The van der Waals surface area contributed by atoms with Gasteiger partial charge in [0.2, 0.25) is 0 Å². The minimum atomic E-state index is -0.186. The summed E-state index contributed by atoms with van der Waals surface area (Å²) in [5.74, 6) is 0.611. The zero-order chi connectivity index (χ0) is 13.7. The van der Waals surface area contributed by atoms with Gasteiger partial charge in [0.15, 0.2) is 0 Å². The minimum absolute atomic E-state index is 0.186. The topological polar surface area (TPSA) is 24.9 Å². The molecule has 19 heavy (non-hydrogen) atoms. The number of aromatic nitrogens is 1. The fourth-order valence-electron chi connectivity index (χ4n) is 1.78. The highest BCUT2D eigenvalue weighted by molar-refractivity contribution is 7.98. The van der Waals surface area contributed by atoms with Crippen LogP contribution in [0.3, 0.4) is 0 Å². The predicted molar refractivity (Wildman–Crippen MR) is 80.2 cm³/mol. The van der Waals surface area contributed by atoms with Gasteiger partial charge in [-0.3, -0.25) is 0 Å². The van der Waals surface area contributed by atoms with Gasteiger partial charge in [-0.05, 0) is 31.7 Å². The molecule has 2 aromatic rings. The van der Waals surface area contributed by atoms with Gasteiger partial charge in [-0.25, -0.2) is 9.37 Å². The van der Waals surface area contributed by atoms with Crippen molar-refractivity contribution in [2.45, 2.75) is 30.5 Å². The Morgan fingerprint density at radius 3 is 2.95 bits per heavy atom. The van der Waals surface area contributed by atoms with E-state index in [1.807, 2.05) is 13.1 Å². The Balaban J connectivity index is 2.03. The summed E-state index contributed by atoms with van der Waals surface area (Å²) in [6.07, 6.45) is 0.956. The molecule has 0 fully saturated rings. The lowest BCUT2D eigenvalue weighted by Gasteiger charge is -1.98. The maximum atomic E-state index is 13.1. The summed E-state index contributed by atoms with van der Waals surface area (Å²) >= 11 is 3.37. The Labute approximate surface area is 121 Å². The fraction of sp³-hybridized carbons (Fsp3) is 0.357. The summed E-state index contributed by atoms with van der Waals surface area (Å²) < 4.78 is 13.1. The van der Waals surface area contributed by atoms with Crippen molar-refractivity contribution in [3.63, 3.8) is 0 Å². The van der Waals surface area contributed by atoms with Crippen molar-refractivity contribution in [2.24, 2.45) is 0 Å². The summed E-state index contributed by atoms with van der Waals surface area (Å²) in [6.45, 7) is 2.99. The zero-order valence-corrected chi connectivity index (χ0v) is 12.7. The van der Waals surface area contributed by atoms with Crippen LogP contribution in [0.4, 0.5) is 4.39 Å². The quantitative estimate of drug-likeness (QED) is 0.819. The largest absolute Gasteiger partial charge is 0.315 e. The van der Waals surface area contributed by atoms with Crippen LogP contribution in [-0.4, -0.2) is 12.0 Å². The number of thiazole rings is 1. The van der Waals surface area contributed by atoms with Crippen LogP contribution in [0.1, 0.15) is 22.5 Å². The number of hydrogen-bond acceptors (Lipinski definition) is 4. The summed E-state index contributed by atoms with van der Waals surface area (Å²) in [6, 6.07) is 6.70. The fourth-order valence-corrected chi connectivity index (χ4v) is 3.88. The van der Waals surface area contributed by atoms with E-state index in [0.29, 0.717) is 0 Å². The Kier molecular flexibility index (Phi) is 5.36. The van der Waals surface area contributed by atoms with Crippen LogP contribution in [0, 0.1) is 5.82 Å². The van der Waals surface area contributed by atoms with Crippen LogP contribution in [0.2, 0.25) is 0 Å². The Morgan fingerprint density at radius 1 is 1.42 bits per heavy atom. The van der Waals surface area contributed by atoms with Crippen LogP contribution >= 0.6 is 23.1 Å². The van der Waals surface area contributed by atoms with Crippen LogP contribution < -0.4 is 5.32 Å². The van der Waals surface area contributed by atoms with E-state index >= 15 is 0 Å². The third kappa shape index (κ3) is 4.03. The van der Waals surface area contributed by atoms with Gasteiger partial charge in [0.1, 0.15) is 10.8 Å². The summed E-state index contributed by atoms with van der Waals surface area (Å²) in [4.78, 5) is 6.90. The number of rotatable bonds is 6. The first-order chi connectivity index (χ1) is 9.22. The van der Waals surface area contributed by atoms with E-state index in [1.165, 1.54) is 16.6 Å². The van der Waals surface area contributed by atoms with Crippen molar-refractivity contribution in [1.29, 1.82) is 0 Å². The number of nitrogens with one attached hydrogen (secondary N) is 1. The van der Waals surface area contributed by atoms with E-state index < -0.39 is 0 Å². The van der Waals surface area contributed by atoms with Crippen molar-refractivity contribution >= 4 is 23.1 Å². The maximum absolute atomic E-state index is 13.1. The molecule has 1 aromatic heterocycles. The predicted octanol–water partition coefficient (Wildman–Crippen LogP) is 3.86. The molecule has 5 heteroatoms. The van der Waals surface area contributed by atoms with Gasteiger partial charge in [0, 0.05) is 16.3 Å². The van der Waals surface area contributed by atoms with E-state index in [-0.39, 0.29) is 5.82 Å². The molecule has 0 unspecified atom stereocenters. The van der Waals surface area contributed by atoms with Crippen molar-refractivity contribution in [1.82, 2.24) is 10.3 Å². The van der Waals surface area contributed by atoms with Crippen LogP contribution in [0.5, 0.6) is 0 Å². The number of halogens is 1. The number of thioether (sulfide) groups is 1. The molecule has 2 nitrogen and oxygen atoms in total. The van der Waals surface area contributed by atoms with E-state index in [1.54, 1.807) is 35.2 Å². The van der Waals surface area contributed by atoms with Gasteiger partial charge >= 0.3 is 0 Å². The molecule has 0 radical (unpaired) electrons. The number of aryl methyl sites for hydroxylation is 1. The first-order valence-corrected chi connectivity index (χ1v) is 8.03. The number of nitrogens with zero attached hydrogens (tertiary/aromatic N) is 1. The first-order valence-electron chi connectivity index (χ1n) is 6.23. The molecule has 0 bridgehead atoms. The van der Waals surface area contributed by atoms with E-state index in [4.69, 9.17) is 0 Å². The lowest BCUT2D eigenvalue weighted by atomic mass is 10.3. The van der Waals surface area contributed by atoms with Crippen LogP contribution in [0.25, 0.3) is 0 Å². The smallest absolute Gasteiger partial charge is 0.124 e. The molecule has 0 aliphatic heterocycles. The molecule has 0 amide bonds. The maximum Gasteiger partial charge on any atom is 0.124 e. The lowest BCUT2D eigenvalue weighted by Crippen LogP contribution is -2.05. The van der Waals surface area contributed by atoms with Crippen LogP contribution in [0.15, 0.2) is 29.2 Å². The number of hydrogen-bond donors (Lipinski definition) is 1. The highest BCUT2D eigenvalue weighted by atomic mass is 32.2. The first kappa shape index (κ1) is 14.5. The molecular weight excluding hydrogens is 279 g/mol. The third-order valence-electron chi connectivity index (χ3n) is 2.65. The average molecular weight is 296 g/mol. The molecule has 1 heterocycles. The lowest BCUT2D eigenvalue weighted by molar-refractivity contribution is 0.624. The zero-order valence-electron chi connectivity index (χ0n) is 11.1. The van der Waals surface area contributed by atoms with Gasteiger partial charge < -0.3 is 5.32 Å². The molecule has 1 N–H and O–H groups in total. The standard InChI is InChI=1S/C14H17FN2S2/c1-3-12-13(8-16-2)19-14(17-12)9-18-11-6-4-5-10(15)7-11/h4-7,16H,3,8-9H2,1-2H3. The average Bonchev–Trinajstić information content (AvgIpc) is 2.79. The van der Waals surface area contributed by atoms with Crippen LogP contribution in [-0.2, 0) is 18.7 Å². The second kappa shape index (κ2) is 7.03. The molecular formula is C14H17FN2S2. The Bertz CT molecular complexity index is 540. The van der Waals surface area contributed by atoms with Crippen molar-refractivity contribution in [3.8, 4) is 0 Å². The van der Waals surface area contributed by atoms with Gasteiger partial charge in [-0.15, -0.1) is 23.1 Å². The van der Waals surface area contributed by atoms with E-state index in [0.717, 1.165) is 28.6 Å². The SMILES string of the molecule is CCc1nc(CSc2cccc(F)c2)sc1CNC. The molecule has 0 atom stereocenters. The van der Waals surface area contributed by atoms with E-state index in [2.05, 4.69) is 17.2 Å². The normalized spacial score (nSPS) is 10.9. The molecule has 0 saturated carbocycles. The van der Waals surface area contributed by atoms with Gasteiger partial charge in [-0.1, -0.05) is 13.0 Å². The second-order valence-electron chi connectivity index (χ2n) is 4.11. The van der Waals surface area contributed by atoms with Gasteiger partial charge in [-0.2, -0.15) is 0 Å². The molecule has 0 aliphatic rings. The van der Waals surface area contributed by atoms with Crippen molar-refractivity contribution < 1.29 is 4.39 Å². The molecule has 0 aliphatic carbocycles. The highest BCUT2D eigenvalue weighted by Gasteiger charge is 2.09. The molecule has 0 saturated heterocycles.